The lowest BCUT2D eigenvalue weighted by molar-refractivity contribution is 0.673. The molecule has 0 aliphatic heterocycles. The Hall–Kier alpha value is -0.820. The summed E-state index contributed by atoms with van der Waals surface area (Å²) in [7, 11) is 0. The van der Waals surface area contributed by atoms with Gasteiger partial charge in [0.15, 0.2) is 0 Å². The number of thiazole rings is 2. The van der Waals surface area contributed by atoms with Gasteiger partial charge in [0.05, 0.1) is 15.7 Å². The lowest BCUT2D eigenvalue weighted by Gasteiger charge is -2.00. The first-order valence-electron chi connectivity index (χ1n) is 6.03. The maximum Gasteiger partial charge on any atom is 0.0941 e. The fourth-order valence-corrected chi connectivity index (χ4v) is 3.19. The molecule has 2 rings (SSSR count). The Morgan fingerprint density at radius 3 is 2.67 bits per heavy atom. The van der Waals surface area contributed by atoms with E-state index in [1.807, 2.05) is 6.92 Å². The molecule has 0 amide bonds. The number of aryl methyl sites for hydroxylation is 1. The van der Waals surface area contributed by atoms with E-state index in [1.165, 1.54) is 5.01 Å². The molecule has 98 valence electrons. The van der Waals surface area contributed by atoms with E-state index in [2.05, 4.69) is 26.0 Å². The molecule has 2 aromatic heterocycles. The van der Waals surface area contributed by atoms with Gasteiger partial charge in [0.2, 0.25) is 0 Å². The summed E-state index contributed by atoms with van der Waals surface area (Å²) < 4.78 is 0. The molecule has 0 aliphatic carbocycles. The SMILES string of the molecule is Cc1csc(CCNCc2csc(CCN)n2)n1. The molecule has 6 heteroatoms. The van der Waals surface area contributed by atoms with E-state index in [1.54, 1.807) is 22.7 Å². The lowest BCUT2D eigenvalue weighted by Crippen LogP contribution is -2.17. The summed E-state index contributed by atoms with van der Waals surface area (Å²) in [6.45, 7) is 4.47. The standard InChI is InChI=1S/C12H18N4S2/c1-9-7-17-12(15-9)3-5-14-6-10-8-18-11(16-10)2-4-13/h7-8,14H,2-6,13H2,1H3. The van der Waals surface area contributed by atoms with Crippen molar-refractivity contribution in [3.05, 3.63) is 32.2 Å². The molecule has 3 N–H and O–H groups in total. The van der Waals surface area contributed by atoms with Crippen LogP contribution in [0.3, 0.4) is 0 Å². The van der Waals surface area contributed by atoms with Gasteiger partial charge in [-0.05, 0) is 13.5 Å². The molecule has 0 radical (unpaired) electrons. The topological polar surface area (TPSA) is 63.8 Å². The van der Waals surface area contributed by atoms with Gasteiger partial charge in [0, 0.05) is 42.4 Å². The zero-order valence-corrected chi connectivity index (χ0v) is 12.1. The van der Waals surface area contributed by atoms with Crippen molar-refractivity contribution in [3.63, 3.8) is 0 Å². The number of hydrogen-bond donors (Lipinski definition) is 2. The molecule has 0 saturated heterocycles. The summed E-state index contributed by atoms with van der Waals surface area (Å²) in [6, 6.07) is 0. The summed E-state index contributed by atoms with van der Waals surface area (Å²) in [5, 5.41) is 9.92. The first kappa shape index (κ1) is 13.6. The van der Waals surface area contributed by atoms with Gasteiger partial charge in [0.1, 0.15) is 0 Å². The number of hydrogen-bond acceptors (Lipinski definition) is 6. The van der Waals surface area contributed by atoms with Crippen LogP contribution < -0.4 is 11.1 Å². The van der Waals surface area contributed by atoms with Crippen molar-refractivity contribution in [2.24, 2.45) is 5.73 Å². The van der Waals surface area contributed by atoms with Crippen molar-refractivity contribution in [2.75, 3.05) is 13.1 Å². The van der Waals surface area contributed by atoms with Crippen molar-refractivity contribution >= 4 is 22.7 Å². The largest absolute Gasteiger partial charge is 0.330 e. The van der Waals surface area contributed by atoms with Crippen LogP contribution in [0.25, 0.3) is 0 Å². The molecule has 0 unspecified atom stereocenters. The third-order valence-corrected chi connectivity index (χ3v) is 4.43. The number of nitrogens with one attached hydrogen (secondary N) is 1. The minimum Gasteiger partial charge on any atom is -0.330 e. The van der Waals surface area contributed by atoms with Crippen LogP contribution in [0.1, 0.15) is 21.4 Å². The van der Waals surface area contributed by atoms with E-state index >= 15 is 0 Å². The third kappa shape index (κ3) is 4.13. The summed E-state index contributed by atoms with van der Waals surface area (Å²) in [5.41, 5.74) is 7.73. The maximum absolute atomic E-state index is 5.50. The molecular weight excluding hydrogens is 264 g/mol. The minimum atomic E-state index is 0.670. The van der Waals surface area contributed by atoms with Gasteiger partial charge in [-0.15, -0.1) is 22.7 Å². The van der Waals surface area contributed by atoms with Crippen LogP contribution in [0, 0.1) is 6.92 Å². The first-order chi connectivity index (χ1) is 8.78. The third-order valence-electron chi connectivity index (χ3n) is 2.45. The zero-order chi connectivity index (χ0) is 12.8. The average molecular weight is 282 g/mol. The predicted molar refractivity (Wildman–Crippen MR) is 77.1 cm³/mol. The number of aromatic nitrogens is 2. The van der Waals surface area contributed by atoms with Gasteiger partial charge in [-0.25, -0.2) is 9.97 Å². The molecule has 4 nitrogen and oxygen atoms in total. The van der Waals surface area contributed by atoms with Gasteiger partial charge >= 0.3 is 0 Å². The second-order valence-corrected chi connectivity index (χ2v) is 5.97. The fourth-order valence-electron chi connectivity index (χ4n) is 1.60. The average Bonchev–Trinajstić information content (AvgIpc) is 2.95. The Morgan fingerprint density at radius 2 is 1.94 bits per heavy atom. The zero-order valence-electron chi connectivity index (χ0n) is 10.5. The number of rotatable bonds is 7. The van der Waals surface area contributed by atoms with Gasteiger partial charge in [-0.1, -0.05) is 0 Å². The monoisotopic (exact) mass is 282 g/mol. The molecule has 0 aromatic carbocycles. The lowest BCUT2D eigenvalue weighted by atomic mass is 10.4. The highest BCUT2D eigenvalue weighted by molar-refractivity contribution is 7.09. The van der Waals surface area contributed by atoms with Crippen molar-refractivity contribution in [2.45, 2.75) is 26.3 Å². The van der Waals surface area contributed by atoms with Crippen LogP contribution in [-0.4, -0.2) is 23.1 Å². The van der Waals surface area contributed by atoms with Crippen LogP contribution in [-0.2, 0) is 19.4 Å². The quantitative estimate of drug-likeness (QED) is 0.759. The van der Waals surface area contributed by atoms with Crippen molar-refractivity contribution < 1.29 is 0 Å². The highest BCUT2D eigenvalue weighted by atomic mass is 32.1. The van der Waals surface area contributed by atoms with Gasteiger partial charge in [-0.3, -0.25) is 0 Å². The Bertz CT molecular complexity index is 478. The normalized spacial score (nSPS) is 11.0. The second kappa shape index (κ2) is 6.94. The Balaban J connectivity index is 1.68. The molecule has 0 bridgehead atoms. The van der Waals surface area contributed by atoms with E-state index in [0.717, 1.165) is 42.3 Å². The molecule has 2 heterocycles. The van der Waals surface area contributed by atoms with Crippen LogP contribution in [0.15, 0.2) is 10.8 Å². The van der Waals surface area contributed by atoms with Gasteiger partial charge in [0.25, 0.3) is 0 Å². The van der Waals surface area contributed by atoms with E-state index < -0.39 is 0 Å². The minimum absolute atomic E-state index is 0.670. The smallest absolute Gasteiger partial charge is 0.0941 e. The molecule has 0 saturated carbocycles. The Labute approximate surface area is 115 Å². The van der Waals surface area contributed by atoms with Gasteiger partial charge < -0.3 is 11.1 Å². The molecule has 0 aliphatic rings. The molecule has 0 spiro atoms. The van der Waals surface area contributed by atoms with Crippen molar-refractivity contribution in [1.29, 1.82) is 0 Å². The molecular formula is C12H18N4S2. The van der Waals surface area contributed by atoms with Crippen LogP contribution in [0.4, 0.5) is 0 Å². The van der Waals surface area contributed by atoms with E-state index in [-0.39, 0.29) is 0 Å². The van der Waals surface area contributed by atoms with E-state index in [4.69, 9.17) is 5.73 Å². The summed E-state index contributed by atoms with van der Waals surface area (Å²) >= 11 is 3.42. The number of nitrogens with two attached hydrogens (primary N) is 1. The molecule has 0 atom stereocenters. The summed E-state index contributed by atoms with van der Waals surface area (Å²) in [4.78, 5) is 8.95. The first-order valence-corrected chi connectivity index (χ1v) is 7.79. The Kier molecular flexibility index (Phi) is 5.25. The summed E-state index contributed by atoms with van der Waals surface area (Å²) in [5.74, 6) is 0. The molecule has 0 fully saturated rings. The fraction of sp³-hybridized carbons (Fsp3) is 0.500. The Morgan fingerprint density at radius 1 is 1.17 bits per heavy atom. The maximum atomic E-state index is 5.50. The number of nitrogens with zero attached hydrogens (tertiary/aromatic N) is 2. The van der Waals surface area contributed by atoms with E-state index in [9.17, 15) is 0 Å². The van der Waals surface area contributed by atoms with E-state index in [0.29, 0.717) is 6.54 Å². The van der Waals surface area contributed by atoms with Gasteiger partial charge in [-0.2, -0.15) is 0 Å². The summed E-state index contributed by atoms with van der Waals surface area (Å²) in [6.07, 6.45) is 1.86. The highest BCUT2D eigenvalue weighted by Crippen LogP contribution is 2.10. The van der Waals surface area contributed by atoms with Crippen molar-refractivity contribution in [1.82, 2.24) is 15.3 Å². The second-order valence-electron chi connectivity index (χ2n) is 4.08. The molecule has 2 aromatic rings. The predicted octanol–water partition coefficient (Wildman–Crippen LogP) is 1.74. The van der Waals surface area contributed by atoms with Crippen LogP contribution >= 0.6 is 22.7 Å². The molecule has 18 heavy (non-hydrogen) atoms. The van der Waals surface area contributed by atoms with Crippen LogP contribution in [0.5, 0.6) is 0 Å². The van der Waals surface area contributed by atoms with Crippen LogP contribution in [0.2, 0.25) is 0 Å². The highest BCUT2D eigenvalue weighted by Gasteiger charge is 2.02. The van der Waals surface area contributed by atoms with Crippen molar-refractivity contribution in [3.8, 4) is 0 Å².